The molecule has 4 nitrogen and oxygen atoms in total. The lowest BCUT2D eigenvalue weighted by molar-refractivity contribution is -0.122. The highest BCUT2D eigenvalue weighted by molar-refractivity contribution is 5.82. The van der Waals surface area contributed by atoms with Gasteiger partial charge in [-0.3, -0.25) is 4.79 Å². The van der Waals surface area contributed by atoms with Gasteiger partial charge in [-0.05, 0) is 11.1 Å². The van der Waals surface area contributed by atoms with Gasteiger partial charge in [-0.2, -0.15) is 0 Å². The Morgan fingerprint density at radius 2 is 1.55 bits per heavy atom. The Bertz CT molecular complexity index is 554. The monoisotopic (exact) mass is 266 g/mol. The quantitative estimate of drug-likeness (QED) is 0.803. The molecule has 4 heteroatoms. The fourth-order valence-corrected chi connectivity index (χ4v) is 1.93. The molecule has 2 aromatic carbocycles. The number of hydrogen-bond donors (Lipinski definition) is 1. The molecular weight excluding hydrogens is 250 g/mol. The topological polar surface area (TPSA) is 63.8 Å². The van der Waals surface area contributed by atoms with Crippen LogP contribution in [0.3, 0.4) is 0 Å². The first-order valence-electron chi connectivity index (χ1n) is 6.49. The molecule has 2 rings (SSSR count). The molecule has 20 heavy (non-hydrogen) atoms. The Balaban J connectivity index is 1.91. The van der Waals surface area contributed by atoms with Gasteiger partial charge in [0.25, 0.3) is 0 Å². The van der Waals surface area contributed by atoms with Gasteiger partial charge in [-0.15, -0.1) is 0 Å². The van der Waals surface area contributed by atoms with Crippen molar-refractivity contribution in [2.75, 3.05) is 0 Å². The predicted octanol–water partition coefficient (Wildman–Crippen LogP) is 2.94. The summed E-state index contributed by atoms with van der Waals surface area (Å²) in [6, 6.07) is 18.4. The van der Waals surface area contributed by atoms with Gasteiger partial charge in [0.15, 0.2) is 0 Å². The second-order valence-electron chi connectivity index (χ2n) is 4.52. The summed E-state index contributed by atoms with van der Waals surface area (Å²) in [4.78, 5) is 12.0. The van der Waals surface area contributed by atoms with E-state index in [2.05, 4.69) is 10.4 Å². The number of nitrogens with one attached hydrogen (secondary N) is 1. The van der Waals surface area contributed by atoms with Crippen molar-refractivity contribution in [1.29, 1.82) is 0 Å². The Morgan fingerprint density at radius 3 is 2.10 bits per heavy atom. The van der Waals surface area contributed by atoms with E-state index < -0.39 is 6.04 Å². The van der Waals surface area contributed by atoms with E-state index in [1.165, 1.54) is 0 Å². The van der Waals surface area contributed by atoms with Crippen LogP contribution in [0.4, 0.5) is 0 Å². The standard InChI is InChI=1S/C16H16N3O/c17-19-15(11-13-7-3-1-4-8-13)16(20)18-12-14-9-5-2-6-10-14/h1-10,15H,11-12H2,(H,18,20)/q-1. The number of carbonyl (C=O) groups excluding carboxylic acids is 1. The minimum absolute atomic E-state index is 0.278. The average molecular weight is 266 g/mol. The molecule has 0 spiro atoms. The molecule has 2 aromatic rings. The Hall–Kier alpha value is -2.49. The summed E-state index contributed by atoms with van der Waals surface area (Å²) < 4.78 is 0. The molecule has 1 unspecified atom stereocenters. The van der Waals surface area contributed by atoms with E-state index in [1.54, 1.807) is 0 Å². The normalized spacial score (nSPS) is 11.6. The lowest BCUT2D eigenvalue weighted by Gasteiger charge is -2.15. The molecule has 1 N–H and O–H groups in total. The summed E-state index contributed by atoms with van der Waals surface area (Å²) in [6.07, 6.45) is 0.387. The number of carbonyl (C=O) groups is 1. The van der Waals surface area contributed by atoms with Gasteiger partial charge in [0, 0.05) is 13.0 Å². The van der Waals surface area contributed by atoms with E-state index in [0.29, 0.717) is 13.0 Å². The zero-order valence-corrected chi connectivity index (χ0v) is 11.1. The van der Waals surface area contributed by atoms with Gasteiger partial charge in [0.05, 0.1) is 0 Å². The van der Waals surface area contributed by atoms with Crippen LogP contribution >= 0.6 is 0 Å². The van der Waals surface area contributed by atoms with Crippen molar-refractivity contribution in [1.82, 2.24) is 5.32 Å². The molecule has 102 valence electrons. The van der Waals surface area contributed by atoms with Crippen molar-refractivity contribution in [3.8, 4) is 0 Å². The second kappa shape index (κ2) is 7.19. The number of benzene rings is 2. The van der Waals surface area contributed by atoms with Crippen molar-refractivity contribution in [2.45, 2.75) is 19.0 Å². The molecule has 0 aliphatic carbocycles. The third-order valence-corrected chi connectivity index (χ3v) is 3.02. The van der Waals surface area contributed by atoms with Crippen molar-refractivity contribution >= 4 is 5.91 Å². The number of amides is 1. The van der Waals surface area contributed by atoms with Crippen LogP contribution in [0.1, 0.15) is 11.1 Å². The van der Waals surface area contributed by atoms with Crippen LogP contribution in [-0.4, -0.2) is 11.9 Å². The van der Waals surface area contributed by atoms with Crippen molar-refractivity contribution in [3.05, 3.63) is 77.3 Å². The first-order valence-corrected chi connectivity index (χ1v) is 6.49. The average Bonchev–Trinajstić information content (AvgIpc) is 2.52. The van der Waals surface area contributed by atoms with Gasteiger partial charge in [-0.1, -0.05) is 60.7 Å². The number of hydrogen-bond acceptors (Lipinski definition) is 2. The van der Waals surface area contributed by atoms with E-state index in [-0.39, 0.29) is 5.91 Å². The van der Waals surface area contributed by atoms with E-state index in [9.17, 15) is 4.79 Å². The lowest BCUT2D eigenvalue weighted by Crippen LogP contribution is -2.34. The SMILES string of the molecule is [N-]=NC(Cc1ccccc1)C(=O)NCc1ccccc1. The third kappa shape index (κ3) is 4.02. The maximum absolute atomic E-state index is 12.0. The first-order chi connectivity index (χ1) is 9.79. The Kier molecular flexibility index (Phi) is 5.00. The molecule has 1 atom stereocenters. The lowest BCUT2D eigenvalue weighted by atomic mass is 10.1. The minimum Gasteiger partial charge on any atom is -0.711 e. The fraction of sp³-hybridized carbons (Fsp3) is 0.188. The number of nitrogens with zero attached hydrogens (tertiary/aromatic N) is 2. The molecule has 0 aromatic heterocycles. The summed E-state index contributed by atoms with van der Waals surface area (Å²) in [5.41, 5.74) is 11.0. The van der Waals surface area contributed by atoms with E-state index in [4.69, 9.17) is 5.53 Å². The molecule has 1 amide bonds. The molecule has 0 fully saturated rings. The molecule has 0 saturated carbocycles. The molecule has 0 aliphatic rings. The van der Waals surface area contributed by atoms with E-state index in [1.807, 2.05) is 60.7 Å². The Morgan fingerprint density at radius 1 is 1.00 bits per heavy atom. The Labute approximate surface area is 118 Å². The van der Waals surface area contributed by atoms with E-state index in [0.717, 1.165) is 11.1 Å². The highest BCUT2D eigenvalue weighted by Crippen LogP contribution is 2.07. The minimum atomic E-state index is -0.777. The zero-order valence-electron chi connectivity index (χ0n) is 11.1. The van der Waals surface area contributed by atoms with Crippen LogP contribution in [0.15, 0.2) is 65.8 Å². The fourth-order valence-electron chi connectivity index (χ4n) is 1.93. The summed E-state index contributed by atoms with van der Waals surface area (Å²) in [7, 11) is 0. The van der Waals surface area contributed by atoms with Gasteiger partial charge in [0.2, 0.25) is 5.91 Å². The van der Waals surface area contributed by atoms with Crippen LogP contribution < -0.4 is 5.32 Å². The maximum atomic E-state index is 12.0. The molecule has 0 aliphatic heterocycles. The summed E-state index contributed by atoms with van der Waals surface area (Å²) >= 11 is 0. The molecule has 0 heterocycles. The highest BCUT2D eigenvalue weighted by Gasteiger charge is 2.14. The second-order valence-corrected chi connectivity index (χ2v) is 4.52. The van der Waals surface area contributed by atoms with Gasteiger partial charge < -0.3 is 16.0 Å². The number of rotatable bonds is 6. The summed E-state index contributed by atoms with van der Waals surface area (Å²) in [5.74, 6) is -0.278. The molecule has 0 bridgehead atoms. The first kappa shape index (κ1) is 13.9. The molecule has 0 saturated heterocycles. The van der Waals surface area contributed by atoms with Crippen molar-refractivity contribution in [3.63, 3.8) is 0 Å². The largest absolute Gasteiger partial charge is 0.711 e. The zero-order chi connectivity index (χ0) is 14.2. The predicted molar refractivity (Wildman–Crippen MR) is 78.0 cm³/mol. The van der Waals surface area contributed by atoms with Crippen LogP contribution in [0, 0.1) is 0 Å². The maximum Gasteiger partial charge on any atom is 0.243 e. The smallest absolute Gasteiger partial charge is 0.243 e. The van der Waals surface area contributed by atoms with Crippen molar-refractivity contribution < 1.29 is 4.79 Å². The van der Waals surface area contributed by atoms with E-state index >= 15 is 0 Å². The van der Waals surface area contributed by atoms with Gasteiger partial charge in [-0.25, -0.2) is 0 Å². The van der Waals surface area contributed by atoms with Gasteiger partial charge in [0.1, 0.15) is 6.04 Å². The highest BCUT2D eigenvalue weighted by atomic mass is 16.2. The van der Waals surface area contributed by atoms with Crippen LogP contribution in [0.2, 0.25) is 0 Å². The van der Waals surface area contributed by atoms with Gasteiger partial charge >= 0.3 is 0 Å². The summed E-state index contributed by atoms with van der Waals surface area (Å²) in [5, 5.41) is 5.96. The molecule has 0 radical (unpaired) electrons. The molecular formula is C16H16N3O-. The third-order valence-electron chi connectivity index (χ3n) is 3.02. The summed E-state index contributed by atoms with van der Waals surface area (Å²) in [6.45, 7) is 0.431. The van der Waals surface area contributed by atoms with Crippen molar-refractivity contribution in [2.24, 2.45) is 5.11 Å². The van der Waals surface area contributed by atoms with Crippen LogP contribution in [0.25, 0.3) is 5.53 Å². The van der Waals surface area contributed by atoms with Crippen LogP contribution in [0.5, 0.6) is 0 Å². The van der Waals surface area contributed by atoms with Crippen LogP contribution in [-0.2, 0) is 17.8 Å².